The van der Waals surface area contributed by atoms with E-state index in [0.717, 1.165) is 27.8 Å². The molecule has 5 heterocycles. The van der Waals surface area contributed by atoms with Gasteiger partial charge < -0.3 is 69.7 Å². The minimum absolute atomic E-state index is 0.0341. The van der Waals surface area contributed by atoms with Crippen molar-refractivity contribution in [2.24, 2.45) is 11.3 Å². The summed E-state index contributed by atoms with van der Waals surface area (Å²) in [7, 11) is 6.26. The molecule has 21 nitrogen and oxygen atoms in total. The average Bonchev–Trinajstić information content (AvgIpc) is 3.18. The highest BCUT2D eigenvalue weighted by Crippen LogP contribution is 2.68. The molecule has 9 unspecified atom stereocenters. The van der Waals surface area contributed by atoms with E-state index >= 15 is 9.59 Å². The third-order valence-corrected chi connectivity index (χ3v) is 19.4. The zero-order valence-electron chi connectivity index (χ0n) is 48.9. The molecule has 21 heteroatoms. The molecule has 7 aliphatic rings. The summed E-state index contributed by atoms with van der Waals surface area (Å²) in [5.41, 5.74) is -0.365. The van der Waals surface area contributed by atoms with Crippen molar-refractivity contribution in [2.45, 2.75) is 151 Å². The molecule has 9 rings (SSSR count). The van der Waals surface area contributed by atoms with Crippen LogP contribution in [0.15, 0.2) is 54.1 Å². The number of ether oxygens (including phenoxy) is 6. The predicted molar refractivity (Wildman–Crippen MR) is 303 cm³/mol. The molecule has 7 N–H and O–H groups in total. The Labute approximate surface area is 481 Å². The third kappa shape index (κ3) is 10.5. The van der Waals surface area contributed by atoms with Gasteiger partial charge in [-0.05, 0) is 111 Å². The molecule has 3 fully saturated rings. The topological polar surface area (TPSA) is 267 Å². The summed E-state index contributed by atoms with van der Waals surface area (Å²) in [6, 6.07) is 9.96. The fourth-order valence-corrected chi connectivity index (χ4v) is 15.6. The Bertz CT molecular complexity index is 2790. The van der Waals surface area contributed by atoms with Crippen LogP contribution in [0.2, 0.25) is 0 Å². The Morgan fingerprint density at radius 2 is 1.71 bits per heavy atom. The van der Waals surface area contributed by atoms with E-state index in [4.69, 9.17) is 28.4 Å². The monoisotopic (exact) mass is 1140 g/mol. The maximum Gasteiger partial charge on any atom is 0.407 e. The number of amides is 3. The quantitative estimate of drug-likeness (QED) is 0.0294. The van der Waals surface area contributed by atoms with Crippen molar-refractivity contribution in [3.63, 3.8) is 0 Å². The molecule has 2 aromatic rings. The number of anilines is 1. The van der Waals surface area contributed by atoms with Crippen molar-refractivity contribution in [3.8, 4) is 5.75 Å². The molecule has 1 spiro atoms. The minimum Gasteiger partial charge on any atom is -0.496 e. The van der Waals surface area contributed by atoms with E-state index in [2.05, 4.69) is 43.9 Å². The fourth-order valence-electron chi connectivity index (χ4n) is 15.6. The number of piperidine rings is 1. The first-order valence-corrected chi connectivity index (χ1v) is 29.3. The number of alkyl carbamates (subject to hydrolysis) is 1. The molecule has 0 aromatic heterocycles. The van der Waals surface area contributed by atoms with E-state index in [0.29, 0.717) is 101 Å². The highest BCUT2D eigenvalue weighted by atomic mass is 16.7. The largest absolute Gasteiger partial charge is 0.496 e. The van der Waals surface area contributed by atoms with Gasteiger partial charge in [-0.15, -0.1) is 0 Å². The summed E-state index contributed by atoms with van der Waals surface area (Å²) < 4.78 is 33.7. The molecule has 2 saturated heterocycles. The van der Waals surface area contributed by atoms with Crippen LogP contribution in [-0.2, 0) is 60.1 Å². The van der Waals surface area contributed by atoms with Crippen LogP contribution in [0.5, 0.6) is 5.75 Å². The van der Waals surface area contributed by atoms with E-state index in [1.807, 2.05) is 63.1 Å². The molecule has 82 heavy (non-hydrogen) atoms. The van der Waals surface area contributed by atoms with Gasteiger partial charge in [-0.1, -0.05) is 57.2 Å². The first-order chi connectivity index (χ1) is 39.3. The van der Waals surface area contributed by atoms with Gasteiger partial charge in [0.25, 0.3) is 5.91 Å². The van der Waals surface area contributed by atoms with E-state index in [1.54, 1.807) is 7.11 Å². The number of hydrogen-bond acceptors (Lipinski definition) is 18. The van der Waals surface area contributed by atoms with E-state index in [1.165, 1.54) is 21.1 Å². The number of hydrogen-bond donors (Lipinski definition) is 7. The molecule has 450 valence electrons. The summed E-state index contributed by atoms with van der Waals surface area (Å²) in [4.78, 5) is 75.3. The van der Waals surface area contributed by atoms with Crippen molar-refractivity contribution in [3.05, 3.63) is 76.4 Å². The number of carbonyl (C=O) groups is 5. The second kappa shape index (κ2) is 24.5. The van der Waals surface area contributed by atoms with Gasteiger partial charge in [0.2, 0.25) is 5.91 Å². The van der Waals surface area contributed by atoms with E-state index in [9.17, 15) is 34.8 Å². The molecular weight excluding hydrogens is 1060 g/mol. The second-order valence-electron chi connectivity index (χ2n) is 23.7. The van der Waals surface area contributed by atoms with Crippen molar-refractivity contribution >= 4 is 41.1 Å². The number of likely N-dealkylation sites (N-methyl/N-ethyl adjacent to an activating group) is 1. The Kier molecular flexibility index (Phi) is 18.2. The number of rotatable bonds is 22. The Hall–Kier alpha value is -5.65. The van der Waals surface area contributed by atoms with Crippen LogP contribution in [0.4, 0.5) is 10.5 Å². The first kappa shape index (κ1) is 60.9. The van der Waals surface area contributed by atoms with Crippen LogP contribution in [0.25, 0.3) is 5.57 Å². The first-order valence-electron chi connectivity index (χ1n) is 29.3. The van der Waals surface area contributed by atoms with Gasteiger partial charge in [-0.2, -0.15) is 0 Å². The summed E-state index contributed by atoms with van der Waals surface area (Å²) >= 11 is 0. The number of carbonyl (C=O) groups excluding carboxylic acids is 5. The zero-order chi connectivity index (χ0) is 58.9. The van der Waals surface area contributed by atoms with Crippen molar-refractivity contribution in [1.82, 2.24) is 25.8 Å². The van der Waals surface area contributed by atoms with Crippen LogP contribution >= 0.6 is 0 Å². The van der Waals surface area contributed by atoms with Gasteiger partial charge in [0.1, 0.15) is 29.9 Å². The number of methoxy groups -OCH3 is 3. The Morgan fingerprint density at radius 3 is 2.41 bits per heavy atom. The smallest absolute Gasteiger partial charge is 0.407 e. The maximum atomic E-state index is 15.6. The van der Waals surface area contributed by atoms with E-state index in [-0.39, 0.29) is 57.7 Å². The van der Waals surface area contributed by atoms with Gasteiger partial charge in [-0.3, -0.25) is 24.2 Å². The predicted octanol–water partition coefficient (Wildman–Crippen LogP) is 3.01. The third-order valence-electron chi connectivity index (χ3n) is 19.4. The van der Waals surface area contributed by atoms with Gasteiger partial charge in [0.05, 0.1) is 45.2 Å². The lowest BCUT2D eigenvalue weighted by Gasteiger charge is -2.63. The zero-order valence-corrected chi connectivity index (χ0v) is 48.9. The Morgan fingerprint density at radius 1 is 0.927 bits per heavy atom. The molecule has 0 radical (unpaired) electrons. The van der Waals surface area contributed by atoms with E-state index < -0.39 is 87.9 Å². The van der Waals surface area contributed by atoms with Gasteiger partial charge in [0.15, 0.2) is 11.9 Å². The van der Waals surface area contributed by atoms with Crippen molar-refractivity contribution in [1.29, 1.82) is 0 Å². The van der Waals surface area contributed by atoms with Crippen molar-refractivity contribution < 1.29 is 72.8 Å². The lowest BCUT2D eigenvalue weighted by molar-refractivity contribution is -0.203. The summed E-state index contributed by atoms with van der Waals surface area (Å²) in [6.07, 6.45) is 4.24. The van der Waals surface area contributed by atoms with Gasteiger partial charge >= 0.3 is 18.0 Å². The average molecular weight is 1140 g/mol. The lowest BCUT2D eigenvalue weighted by atomic mass is 9.47. The molecular formula is C61H86N6O15. The molecule has 5 aliphatic heterocycles. The minimum atomic E-state index is -2.41. The Balaban J connectivity index is 0.957. The van der Waals surface area contributed by atoms with Gasteiger partial charge in [-0.25, -0.2) is 9.59 Å². The summed E-state index contributed by atoms with van der Waals surface area (Å²) in [5.74, 6) is -2.12. The lowest BCUT2D eigenvalue weighted by Crippen LogP contribution is -2.81. The SMILES string of the molecule is CCC(CO)OC(COC(=O)NCCC(=O)NC(C)C(=O)OCCCNC(=O)[C@]1(O)C2N(C)c3cc(OC)c([C@@]4(C(=O)OC)CC5CN(CCC6=C4Cc4ccccc46)CC(O)(CC)C5)cc3C23CCN2CC=C[C@](CC)(C23)[C@H]1O)OC. The highest BCUT2D eigenvalue weighted by molar-refractivity contribution is 5.96. The number of aliphatic hydroxyl groups is 4. The van der Waals surface area contributed by atoms with Crippen LogP contribution in [0, 0.1) is 11.3 Å². The number of nitrogens with zero attached hydrogens (tertiary/aromatic N) is 3. The summed E-state index contributed by atoms with van der Waals surface area (Å²) in [6.45, 7) is 9.71. The number of aliphatic hydroxyl groups excluding tert-OH is 2. The second-order valence-corrected chi connectivity index (χ2v) is 23.7. The molecule has 1 saturated carbocycles. The van der Waals surface area contributed by atoms with Crippen LogP contribution in [0.3, 0.4) is 0 Å². The summed E-state index contributed by atoms with van der Waals surface area (Å²) in [5, 5.41) is 56.0. The van der Waals surface area contributed by atoms with Crippen LogP contribution < -0.4 is 25.6 Å². The fraction of sp³-hybridized carbons (Fsp3) is 0.656. The van der Waals surface area contributed by atoms with Crippen molar-refractivity contribution in [2.75, 3.05) is 98.9 Å². The number of esters is 2. The standard InChI is InChI=1S/C61H86N6O15/c1-9-40(34-68)82-49(78-7)35-81-56(74)63-23-18-48(69)64-37(4)50(70)80-27-15-22-62-54(72)61(76)52-59(21-26-67-24-14-20-58(11-3,51(59)67)53(61)71)44-29-45(47(77-6)30-46(44)65(52)5)60(55(73)79-8)32-38-31-57(75,10-2)36-66(33-38)25-19-42-41-17-13-12-16-39(41)28-43(42)60/h12-14,16-17,20,29-30,37-38,40,49,51-53,68,71,75-76H,9-11,15,18-19,21-28,31-36H2,1-8H3,(H,62,72)(H,63,74)(H,64,69)/t37?,38?,40?,49?,51?,52?,53-,57?,58-,59?,60-,61+/m1/s1. The maximum absolute atomic E-state index is 15.6. The van der Waals surface area contributed by atoms with Gasteiger partial charge in [0, 0.05) is 94.0 Å². The molecule has 2 bridgehead atoms. The molecule has 3 amide bonds. The number of nitrogens with one attached hydrogen (secondary N) is 3. The highest BCUT2D eigenvalue weighted by Gasteiger charge is 2.78. The normalized spacial score (nSPS) is 31.6. The molecule has 2 aliphatic carbocycles. The number of fused-ring (bicyclic) bond motifs is 5. The number of benzene rings is 2. The molecule has 2 aromatic carbocycles. The molecule has 13 atom stereocenters. The van der Waals surface area contributed by atoms with Crippen LogP contribution in [0.1, 0.15) is 108 Å². The van der Waals surface area contributed by atoms with Crippen LogP contribution in [-0.4, -0.2) is 202 Å².